The van der Waals surface area contributed by atoms with E-state index in [1.807, 2.05) is 20.8 Å². The van der Waals surface area contributed by atoms with Crippen LogP contribution in [0.25, 0.3) is 0 Å². The van der Waals surface area contributed by atoms with Crippen molar-refractivity contribution >= 4 is 11.9 Å². The highest BCUT2D eigenvalue weighted by Gasteiger charge is 2.19. The summed E-state index contributed by atoms with van der Waals surface area (Å²) in [6, 6.07) is 0.826. The van der Waals surface area contributed by atoms with Gasteiger partial charge in [0, 0.05) is 12.6 Å². The van der Waals surface area contributed by atoms with Gasteiger partial charge in [0.15, 0.2) is 0 Å². The minimum Gasteiger partial charge on any atom is -0.461 e. The molecule has 0 atom stereocenters. The fraction of sp³-hybridized carbons (Fsp3) is 0.800. The molecule has 1 fully saturated rings. The van der Waals surface area contributed by atoms with Gasteiger partial charge < -0.3 is 15.4 Å². The summed E-state index contributed by atoms with van der Waals surface area (Å²) in [7, 11) is 0. The third-order valence-electron chi connectivity index (χ3n) is 3.64. The second kappa shape index (κ2) is 7.43. The molecule has 1 aliphatic carbocycles. The molecule has 0 aromatic carbocycles. The zero-order chi connectivity index (χ0) is 15.2. The van der Waals surface area contributed by atoms with E-state index in [9.17, 15) is 0 Å². The van der Waals surface area contributed by atoms with E-state index in [1.165, 1.54) is 25.7 Å². The maximum atomic E-state index is 5.61. The highest BCUT2D eigenvalue weighted by atomic mass is 16.5. The quantitative estimate of drug-likeness (QED) is 0.840. The van der Waals surface area contributed by atoms with E-state index >= 15 is 0 Å². The topological polar surface area (TPSA) is 72.0 Å². The van der Waals surface area contributed by atoms with Gasteiger partial charge in [0.2, 0.25) is 11.9 Å². The highest BCUT2D eigenvalue weighted by molar-refractivity contribution is 5.36. The first kappa shape index (κ1) is 15.8. The molecule has 1 aromatic rings. The van der Waals surface area contributed by atoms with Crippen LogP contribution in [-0.4, -0.2) is 33.6 Å². The molecule has 118 valence electrons. The minimum absolute atomic E-state index is 0.0465. The van der Waals surface area contributed by atoms with Crippen molar-refractivity contribution in [1.82, 2.24) is 15.0 Å². The lowest BCUT2D eigenvalue weighted by atomic mass is 9.87. The Morgan fingerprint density at radius 3 is 2.38 bits per heavy atom. The van der Waals surface area contributed by atoms with E-state index in [4.69, 9.17) is 4.74 Å². The number of hydrogen-bond donors (Lipinski definition) is 2. The number of hydrogen-bond acceptors (Lipinski definition) is 6. The Hall–Kier alpha value is -1.59. The van der Waals surface area contributed by atoms with Crippen LogP contribution in [0.15, 0.2) is 0 Å². The summed E-state index contributed by atoms with van der Waals surface area (Å²) in [4.78, 5) is 13.1. The predicted octanol–water partition coefficient (Wildman–Crippen LogP) is 3.08. The second-order valence-electron chi connectivity index (χ2n) is 6.06. The van der Waals surface area contributed by atoms with Crippen molar-refractivity contribution in [2.45, 2.75) is 65.5 Å². The first-order valence-corrected chi connectivity index (χ1v) is 8.00. The van der Waals surface area contributed by atoms with Gasteiger partial charge in [-0.2, -0.15) is 15.0 Å². The monoisotopic (exact) mass is 293 g/mol. The van der Waals surface area contributed by atoms with Gasteiger partial charge in [0.1, 0.15) is 0 Å². The Labute approximate surface area is 127 Å². The third-order valence-corrected chi connectivity index (χ3v) is 3.64. The van der Waals surface area contributed by atoms with E-state index in [0.717, 1.165) is 12.5 Å². The lowest BCUT2D eigenvalue weighted by molar-refractivity contribution is 0.222. The Morgan fingerprint density at radius 1 is 1.10 bits per heavy atom. The van der Waals surface area contributed by atoms with Gasteiger partial charge >= 0.3 is 6.01 Å². The molecule has 0 radical (unpaired) electrons. The van der Waals surface area contributed by atoms with Crippen LogP contribution in [-0.2, 0) is 0 Å². The van der Waals surface area contributed by atoms with Crippen molar-refractivity contribution in [1.29, 1.82) is 0 Å². The number of ether oxygens (including phenoxy) is 1. The lowest BCUT2D eigenvalue weighted by Crippen LogP contribution is -2.26. The molecular weight excluding hydrogens is 266 g/mol. The number of nitrogens with one attached hydrogen (secondary N) is 2. The average molecular weight is 293 g/mol. The Bertz CT molecular complexity index is 444. The second-order valence-corrected chi connectivity index (χ2v) is 6.06. The summed E-state index contributed by atoms with van der Waals surface area (Å²) < 4.78 is 5.61. The standard InChI is InChI=1S/C15H27N5O/c1-5-16-13-18-14(20-15(19-13)21-10(2)3)17-12-8-6-11(4)7-9-12/h10-12H,5-9H2,1-4H3,(H2,16,17,18,19,20). The normalized spacial score (nSPS) is 22.1. The van der Waals surface area contributed by atoms with Crippen LogP contribution in [0.2, 0.25) is 0 Å². The van der Waals surface area contributed by atoms with Crippen molar-refractivity contribution in [3.8, 4) is 6.01 Å². The molecule has 1 aromatic heterocycles. The fourth-order valence-electron chi connectivity index (χ4n) is 2.51. The maximum absolute atomic E-state index is 5.61. The summed E-state index contributed by atoms with van der Waals surface area (Å²) in [6.45, 7) is 9.03. The maximum Gasteiger partial charge on any atom is 0.323 e. The van der Waals surface area contributed by atoms with E-state index in [1.54, 1.807) is 0 Å². The predicted molar refractivity (Wildman–Crippen MR) is 84.8 cm³/mol. The first-order valence-electron chi connectivity index (χ1n) is 8.00. The van der Waals surface area contributed by atoms with Crippen LogP contribution in [0.5, 0.6) is 6.01 Å². The molecule has 1 aliphatic rings. The molecule has 0 unspecified atom stereocenters. The SMILES string of the molecule is CCNc1nc(NC2CCC(C)CC2)nc(OC(C)C)n1. The molecule has 21 heavy (non-hydrogen) atoms. The minimum atomic E-state index is 0.0465. The highest BCUT2D eigenvalue weighted by Crippen LogP contribution is 2.25. The van der Waals surface area contributed by atoms with E-state index in [0.29, 0.717) is 23.9 Å². The Balaban J connectivity index is 2.07. The van der Waals surface area contributed by atoms with E-state index in [2.05, 4.69) is 32.5 Å². The molecule has 1 heterocycles. The zero-order valence-electron chi connectivity index (χ0n) is 13.5. The van der Waals surface area contributed by atoms with Gasteiger partial charge in [-0.25, -0.2) is 0 Å². The van der Waals surface area contributed by atoms with Gasteiger partial charge in [-0.1, -0.05) is 6.92 Å². The molecule has 0 amide bonds. The molecule has 0 saturated heterocycles. The molecule has 0 spiro atoms. The first-order chi connectivity index (χ1) is 10.1. The van der Waals surface area contributed by atoms with Crippen LogP contribution in [0, 0.1) is 5.92 Å². The molecule has 0 bridgehead atoms. The lowest BCUT2D eigenvalue weighted by Gasteiger charge is -2.27. The summed E-state index contributed by atoms with van der Waals surface area (Å²) in [5, 5.41) is 6.56. The summed E-state index contributed by atoms with van der Waals surface area (Å²) in [5.74, 6) is 2.00. The molecule has 1 saturated carbocycles. The summed E-state index contributed by atoms with van der Waals surface area (Å²) >= 11 is 0. The third kappa shape index (κ3) is 5.02. The van der Waals surface area contributed by atoms with E-state index in [-0.39, 0.29) is 6.10 Å². The Morgan fingerprint density at radius 2 is 1.76 bits per heavy atom. The molecule has 2 N–H and O–H groups in total. The molecule has 6 heteroatoms. The van der Waals surface area contributed by atoms with Crippen LogP contribution in [0.1, 0.15) is 53.4 Å². The van der Waals surface area contributed by atoms with Crippen LogP contribution in [0.4, 0.5) is 11.9 Å². The van der Waals surface area contributed by atoms with Gasteiger partial charge in [0.05, 0.1) is 6.10 Å². The summed E-state index contributed by atoms with van der Waals surface area (Å²) in [5.41, 5.74) is 0. The largest absolute Gasteiger partial charge is 0.461 e. The number of rotatable bonds is 6. The van der Waals surface area contributed by atoms with E-state index < -0.39 is 0 Å². The van der Waals surface area contributed by atoms with Gasteiger partial charge in [-0.15, -0.1) is 0 Å². The average Bonchev–Trinajstić information content (AvgIpc) is 2.41. The van der Waals surface area contributed by atoms with Crippen molar-refractivity contribution in [2.24, 2.45) is 5.92 Å². The van der Waals surface area contributed by atoms with Crippen molar-refractivity contribution < 1.29 is 4.74 Å². The van der Waals surface area contributed by atoms with Gasteiger partial charge in [-0.3, -0.25) is 0 Å². The van der Waals surface area contributed by atoms with Gasteiger partial charge in [-0.05, 0) is 52.4 Å². The van der Waals surface area contributed by atoms with Crippen molar-refractivity contribution in [3.63, 3.8) is 0 Å². The number of nitrogens with zero attached hydrogens (tertiary/aromatic N) is 3. The summed E-state index contributed by atoms with van der Waals surface area (Å²) in [6.07, 6.45) is 4.91. The van der Waals surface area contributed by atoms with Crippen molar-refractivity contribution in [3.05, 3.63) is 0 Å². The molecule has 2 rings (SSSR count). The Kier molecular flexibility index (Phi) is 5.59. The van der Waals surface area contributed by atoms with Crippen LogP contribution >= 0.6 is 0 Å². The molecule has 0 aliphatic heterocycles. The molecule has 6 nitrogen and oxygen atoms in total. The fourth-order valence-corrected chi connectivity index (χ4v) is 2.51. The van der Waals surface area contributed by atoms with Crippen LogP contribution in [0.3, 0.4) is 0 Å². The van der Waals surface area contributed by atoms with Gasteiger partial charge in [0.25, 0.3) is 0 Å². The van der Waals surface area contributed by atoms with Crippen LogP contribution < -0.4 is 15.4 Å². The zero-order valence-corrected chi connectivity index (χ0v) is 13.5. The number of anilines is 2. The molecular formula is C15H27N5O. The van der Waals surface area contributed by atoms with Crippen molar-refractivity contribution in [2.75, 3.05) is 17.2 Å². The number of aromatic nitrogens is 3. The smallest absolute Gasteiger partial charge is 0.323 e.